The van der Waals surface area contributed by atoms with Gasteiger partial charge in [0.15, 0.2) is 0 Å². The fourth-order valence-electron chi connectivity index (χ4n) is 3.52. The molecule has 0 N–H and O–H groups in total. The highest BCUT2D eigenvalue weighted by Crippen LogP contribution is 2.32. The van der Waals surface area contributed by atoms with E-state index in [2.05, 4.69) is 14.9 Å². The molecule has 4 aromatic rings. The molecule has 1 fully saturated rings. The first-order chi connectivity index (χ1) is 15.3. The van der Waals surface area contributed by atoms with Gasteiger partial charge in [-0.15, -0.1) is 13.2 Å². The summed E-state index contributed by atoms with van der Waals surface area (Å²) in [5.74, 6) is -0.111. The summed E-state index contributed by atoms with van der Waals surface area (Å²) in [6.07, 6.45) is -3.24. The SMILES string of the molecule is O=c1c2ccccc2n(Cc2nc(-c3ccc(OC(F)(F)F)cc3)no2)c(=O)n1C1CC1. The number of aromatic nitrogens is 4. The quantitative estimate of drug-likeness (QED) is 0.468. The van der Waals surface area contributed by atoms with Gasteiger partial charge in [0, 0.05) is 11.6 Å². The first-order valence-electron chi connectivity index (χ1n) is 9.73. The molecule has 1 aliphatic rings. The molecule has 0 saturated heterocycles. The van der Waals surface area contributed by atoms with Crippen molar-refractivity contribution in [2.75, 3.05) is 0 Å². The lowest BCUT2D eigenvalue weighted by Crippen LogP contribution is -2.39. The van der Waals surface area contributed by atoms with E-state index in [1.165, 1.54) is 21.3 Å². The number of fused-ring (bicyclic) bond motifs is 1. The second-order valence-corrected chi connectivity index (χ2v) is 7.38. The summed E-state index contributed by atoms with van der Waals surface area (Å²) in [6.45, 7) is -0.0609. The normalized spacial score (nSPS) is 14.1. The largest absolute Gasteiger partial charge is 0.573 e. The van der Waals surface area contributed by atoms with Gasteiger partial charge < -0.3 is 9.26 Å². The summed E-state index contributed by atoms with van der Waals surface area (Å²) in [5.41, 5.74) is 0.0869. The van der Waals surface area contributed by atoms with Crippen LogP contribution in [0.4, 0.5) is 13.2 Å². The molecule has 8 nitrogen and oxygen atoms in total. The smallest absolute Gasteiger partial charge is 0.406 e. The minimum Gasteiger partial charge on any atom is -0.406 e. The van der Waals surface area contributed by atoms with E-state index in [0.29, 0.717) is 16.5 Å². The number of para-hydroxylation sites is 1. The number of ether oxygens (including phenoxy) is 1. The Kier molecular flexibility index (Phi) is 4.61. The molecule has 5 rings (SSSR count). The van der Waals surface area contributed by atoms with E-state index in [1.807, 2.05) is 0 Å². The predicted molar refractivity (Wildman–Crippen MR) is 106 cm³/mol. The highest BCUT2D eigenvalue weighted by molar-refractivity contribution is 5.78. The second kappa shape index (κ2) is 7.36. The molecule has 1 aliphatic carbocycles. The molecule has 164 valence electrons. The van der Waals surface area contributed by atoms with Gasteiger partial charge in [-0.2, -0.15) is 4.98 Å². The molecule has 0 bridgehead atoms. The van der Waals surface area contributed by atoms with Crippen molar-refractivity contribution in [2.45, 2.75) is 31.8 Å². The summed E-state index contributed by atoms with van der Waals surface area (Å²) < 4.78 is 48.7. The van der Waals surface area contributed by atoms with E-state index in [9.17, 15) is 22.8 Å². The van der Waals surface area contributed by atoms with E-state index in [0.717, 1.165) is 25.0 Å². The van der Waals surface area contributed by atoms with Gasteiger partial charge in [0.25, 0.3) is 5.56 Å². The number of halogens is 3. The highest BCUT2D eigenvalue weighted by Gasteiger charge is 2.31. The Balaban J connectivity index is 1.48. The van der Waals surface area contributed by atoms with Crippen molar-refractivity contribution in [1.82, 2.24) is 19.3 Å². The van der Waals surface area contributed by atoms with Gasteiger partial charge in [0.2, 0.25) is 11.7 Å². The first-order valence-corrected chi connectivity index (χ1v) is 9.73. The summed E-state index contributed by atoms with van der Waals surface area (Å²) >= 11 is 0. The van der Waals surface area contributed by atoms with Crippen molar-refractivity contribution in [3.05, 3.63) is 75.3 Å². The number of alkyl halides is 3. The van der Waals surface area contributed by atoms with Crippen LogP contribution in [-0.2, 0) is 6.54 Å². The van der Waals surface area contributed by atoms with E-state index < -0.39 is 12.1 Å². The molecule has 0 aliphatic heterocycles. The third-order valence-electron chi connectivity index (χ3n) is 5.10. The average molecular weight is 444 g/mol. The summed E-state index contributed by atoms with van der Waals surface area (Å²) in [7, 11) is 0. The van der Waals surface area contributed by atoms with Crippen LogP contribution in [0.5, 0.6) is 5.75 Å². The molecule has 2 aromatic carbocycles. The van der Waals surface area contributed by atoms with Crippen molar-refractivity contribution in [1.29, 1.82) is 0 Å². The topological polar surface area (TPSA) is 92.2 Å². The predicted octanol–water partition coefficient (Wildman–Crippen LogP) is 3.50. The maximum absolute atomic E-state index is 13.0. The molecule has 0 amide bonds. The lowest BCUT2D eigenvalue weighted by molar-refractivity contribution is -0.274. The summed E-state index contributed by atoms with van der Waals surface area (Å²) in [5, 5.41) is 4.27. The highest BCUT2D eigenvalue weighted by atomic mass is 19.4. The van der Waals surface area contributed by atoms with Crippen LogP contribution in [0.25, 0.3) is 22.3 Å². The van der Waals surface area contributed by atoms with Crippen molar-refractivity contribution in [2.24, 2.45) is 0 Å². The van der Waals surface area contributed by atoms with Crippen molar-refractivity contribution < 1.29 is 22.4 Å². The van der Waals surface area contributed by atoms with Gasteiger partial charge >= 0.3 is 12.1 Å². The molecule has 0 atom stereocenters. The maximum Gasteiger partial charge on any atom is 0.573 e. The fraction of sp³-hybridized carbons (Fsp3) is 0.238. The zero-order valence-electron chi connectivity index (χ0n) is 16.4. The number of benzene rings is 2. The first kappa shape index (κ1) is 20.0. The molecule has 2 heterocycles. The van der Waals surface area contributed by atoms with E-state index in [4.69, 9.17) is 4.52 Å². The van der Waals surface area contributed by atoms with Crippen LogP contribution in [-0.4, -0.2) is 25.6 Å². The van der Waals surface area contributed by atoms with Crippen LogP contribution >= 0.6 is 0 Å². The van der Waals surface area contributed by atoms with Gasteiger partial charge in [0.05, 0.1) is 10.9 Å². The third-order valence-corrected chi connectivity index (χ3v) is 5.10. The Morgan fingerprint density at radius 2 is 1.78 bits per heavy atom. The molecule has 1 saturated carbocycles. The van der Waals surface area contributed by atoms with Crippen molar-refractivity contribution in [3.63, 3.8) is 0 Å². The molecular formula is C21H15F3N4O4. The summed E-state index contributed by atoms with van der Waals surface area (Å²) in [6, 6.07) is 11.7. The zero-order chi connectivity index (χ0) is 22.5. The molecular weight excluding hydrogens is 429 g/mol. The standard InChI is InChI=1S/C21H15F3N4O4/c22-21(23,24)31-14-9-5-12(6-10-14)18-25-17(32-26-18)11-27-16-4-2-1-3-15(16)19(29)28(20(27)30)13-7-8-13/h1-6,9-10,13H,7-8,11H2. The van der Waals surface area contributed by atoms with Gasteiger partial charge in [-0.25, -0.2) is 4.79 Å². The molecule has 32 heavy (non-hydrogen) atoms. The minimum absolute atomic E-state index is 0.0609. The van der Waals surface area contributed by atoms with Crippen LogP contribution < -0.4 is 16.0 Å². The van der Waals surface area contributed by atoms with Crippen LogP contribution in [0.2, 0.25) is 0 Å². The third kappa shape index (κ3) is 3.77. The van der Waals surface area contributed by atoms with E-state index in [-0.39, 0.29) is 35.6 Å². The van der Waals surface area contributed by atoms with Crippen molar-refractivity contribution in [3.8, 4) is 17.1 Å². The van der Waals surface area contributed by atoms with Gasteiger partial charge in [-0.3, -0.25) is 13.9 Å². The monoisotopic (exact) mass is 444 g/mol. The average Bonchev–Trinajstić information content (AvgIpc) is 3.47. The number of hydrogen-bond acceptors (Lipinski definition) is 6. The molecule has 11 heteroatoms. The van der Waals surface area contributed by atoms with Crippen LogP contribution in [0, 0.1) is 0 Å². The van der Waals surface area contributed by atoms with Gasteiger partial charge in [-0.1, -0.05) is 17.3 Å². The number of hydrogen-bond donors (Lipinski definition) is 0. The van der Waals surface area contributed by atoms with E-state index >= 15 is 0 Å². The zero-order valence-corrected chi connectivity index (χ0v) is 16.4. The fourth-order valence-corrected chi connectivity index (χ4v) is 3.52. The molecule has 0 spiro atoms. The molecule has 0 unspecified atom stereocenters. The Morgan fingerprint density at radius 3 is 2.47 bits per heavy atom. The molecule has 0 radical (unpaired) electrons. The van der Waals surface area contributed by atoms with Crippen molar-refractivity contribution >= 4 is 10.9 Å². The van der Waals surface area contributed by atoms with Crippen LogP contribution in [0.3, 0.4) is 0 Å². The number of nitrogens with zero attached hydrogens (tertiary/aromatic N) is 4. The van der Waals surface area contributed by atoms with Gasteiger partial charge in [0.1, 0.15) is 12.3 Å². The Hall–Kier alpha value is -3.89. The maximum atomic E-state index is 13.0. The lowest BCUT2D eigenvalue weighted by atomic mass is 10.2. The lowest BCUT2D eigenvalue weighted by Gasteiger charge is -2.12. The number of rotatable bonds is 5. The second-order valence-electron chi connectivity index (χ2n) is 7.38. The van der Waals surface area contributed by atoms with Crippen LogP contribution in [0.1, 0.15) is 24.8 Å². The Morgan fingerprint density at radius 1 is 1.06 bits per heavy atom. The van der Waals surface area contributed by atoms with Gasteiger partial charge in [-0.05, 0) is 49.2 Å². The van der Waals surface area contributed by atoms with E-state index in [1.54, 1.807) is 24.3 Å². The summed E-state index contributed by atoms with van der Waals surface area (Å²) in [4.78, 5) is 30.1. The minimum atomic E-state index is -4.78. The molecule has 2 aromatic heterocycles. The Labute approximate surface area is 177 Å². The Bertz CT molecular complexity index is 1420. The van der Waals surface area contributed by atoms with Crippen LogP contribution in [0.15, 0.2) is 62.6 Å².